The Hall–Kier alpha value is -1.86. The van der Waals surface area contributed by atoms with Gasteiger partial charge in [0.2, 0.25) is 0 Å². The fourth-order valence-corrected chi connectivity index (χ4v) is 0.932. The van der Waals surface area contributed by atoms with Crippen molar-refractivity contribution in [3.8, 4) is 6.07 Å². The first-order chi connectivity index (χ1) is 6.79. The van der Waals surface area contributed by atoms with Gasteiger partial charge in [-0.1, -0.05) is 12.1 Å². The van der Waals surface area contributed by atoms with Crippen molar-refractivity contribution in [2.24, 2.45) is 0 Å². The Bertz CT molecular complexity index is 368. The van der Waals surface area contributed by atoms with Crippen LogP contribution in [0.15, 0.2) is 24.3 Å². The van der Waals surface area contributed by atoms with Crippen LogP contribution in [-0.4, -0.2) is 12.8 Å². The first-order valence-corrected chi connectivity index (χ1v) is 3.83. The van der Waals surface area contributed by atoms with Gasteiger partial charge in [0.05, 0.1) is 18.2 Å². The van der Waals surface area contributed by atoms with Crippen LogP contribution in [0.4, 0.5) is 0 Å². The average molecular weight is 190 g/mol. The summed E-state index contributed by atoms with van der Waals surface area (Å²) in [5, 5.41) is 8.69. The summed E-state index contributed by atoms with van der Waals surface area (Å²) in [5.41, 5.74) is 0.508. The summed E-state index contributed by atoms with van der Waals surface area (Å²) < 4.78 is 8.98. The lowest BCUT2D eigenvalue weighted by Gasteiger charge is -2.03. The van der Waals surface area contributed by atoms with E-state index >= 15 is 0 Å². The SMILES string of the molecule is [CH2]OCOC(=O)c1ccccc1C#N. The lowest BCUT2D eigenvalue weighted by Crippen LogP contribution is -2.08. The maximum absolute atomic E-state index is 11.3. The number of nitrogens with zero attached hydrogens (tertiary/aromatic N) is 1. The molecule has 0 aliphatic rings. The topological polar surface area (TPSA) is 59.3 Å². The van der Waals surface area contributed by atoms with Crippen LogP contribution in [0.25, 0.3) is 0 Å². The molecule has 0 unspecified atom stereocenters. The van der Waals surface area contributed by atoms with E-state index in [0.717, 1.165) is 0 Å². The molecule has 0 aromatic heterocycles. The highest BCUT2D eigenvalue weighted by Crippen LogP contribution is 2.08. The summed E-state index contributed by atoms with van der Waals surface area (Å²) in [4.78, 5) is 11.3. The van der Waals surface area contributed by atoms with E-state index in [1.807, 2.05) is 6.07 Å². The maximum atomic E-state index is 11.3. The zero-order chi connectivity index (χ0) is 10.4. The minimum atomic E-state index is -0.592. The number of nitriles is 1. The van der Waals surface area contributed by atoms with E-state index in [9.17, 15) is 4.79 Å². The zero-order valence-electron chi connectivity index (χ0n) is 7.40. The van der Waals surface area contributed by atoms with E-state index in [1.54, 1.807) is 18.2 Å². The van der Waals surface area contributed by atoms with Crippen LogP contribution >= 0.6 is 0 Å². The van der Waals surface area contributed by atoms with Gasteiger partial charge >= 0.3 is 5.97 Å². The third kappa shape index (κ3) is 2.31. The molecule has 1 radical (unpaired) electrons. The van der Waals surface area contributed by atoms with Crippen LogP contribution < -0.4 is 0 Å². The smallest absolute Gasteiger partial charge is 0.341 e. The van der Waals surface area contributed by atoms with Crippen LogP contribution in [0, 0.1) is 18.4 Å². The summed E-state index contributed by atoms with van der Waals surface area (Å²) in [6.07, 6.45) is 0. The first kappa shape index (κ1) is 10.2. The number of ether oxygens (including phenoxy) is 2. The highest BCUT2D eigenvalue weighted by atomic mass is 16.7. The van der Waals surface area contributed by atoms with Crippen LogP contribution in [0.3, 0.4) is 0 Å². The van der Waals surface area contributed by atoms with Gasteiger partial charge in [0.25, 0.3) is 0 Å². The summed E-state index contributed by atoms with van der Waals surface area (Å²) in [6, 6.07) is 8.29. The summed E-state index contributed by atoms with van der Waals surface area (Å²) in [7, 11) is 3.05. The lowest BCUT2D eigenvalue weighted by atomic mass is 10.1. The lowest BCUT2D eigenvalue weighted by molar-refractivity contribution is -0.00129. The number of benzene rings is 1. The summed E-state index contributed by atoms with van der Waals surface area (Å²) in [6.45, 7) is -0.224. The van der Waals surface area contributed by atoms with E-state index < -0.39 is 5.97 Å². The number of carbonyl (C=O) groups excluding carboxylic acids is 1. The van der Waals surface area contributed by atoms with Crippen LogP contribution in [-0.2, 0) is 9.47 Å². The second-order valence-electron chi connectivity index (χ2n) is 2.41. The Morgan fingerprint density at radius 2 is 2.21 bits per heavy atom. The van der Waals surface area contributed by atoms with Crippen molar-refractivity contribution in [2.45, 2.75) is 0 Å². The number of esters is 1. The van der Waals surface area contributed by atoms with Gasteiger partial charge in [-0.15, -0.1) is 0 Å². The largest absolute Gasteiger partial charge is 0.435 e. The molecular formula is C10H8NO3. The van der Waals surface area contributed by atoms with Gasteiger partial charge in [0.1, 0.15) is 6.07 Å². The molecule has 0 bridgehead atoms. The number of hydrogen-bond donors (Lipinski definition) is 0. The van der Waals surface area contributed by atoms with Crippen molar-refractivity contribution in [2.75, 3.05) is 6.79 Å². The number of hydrogen-bond acceptors (Lipinski definition) is 4. The number of rotatable bonds is 3. The monoisotopic (exact) mass is 190 g/mol. The molecule has 4 nitrogen and oxygen atoms in total. The van der Waals surface area contributed by atoms with Crippen molar-refractivity contribution in [3.63, 3.8) is 0 Å². The van der Waals surface area contributed by atoms with Gasteiger partial charge in [-0.05, 0) is 12.1 Å². The molecule has 71 valence electrons. The van der Waals surface area contributed by atoms with Crippen molar-refractivity contribution in [1.82, 2.24) is 0 Å². The van der Waals surface area contributed by atoms with Crippen molar-refractivity contribution in [1.29, 1.82) is 5.26 Å². The van der Waals surface area contributed by atoms with Crippen LogP contribution in [0.1, 0.15) is 15.9 Å². The molecule has 4 heteroatoms. The molecule has 0 aliphatic carbocycles. The molecule has 1 rings (SSSR count). The van der Waals surface area contributed by atoms with E-state index in [-0.39, 0.29) is 17.9 Å². The van der Waals surface area contributed by atoms with E-state index in [0.29, 0.717) is 0 Å². The molecule has 0 spiro atoms. The Labute approximate surface area is 81.7 Å². The molecule has 0 aliphatic heterocycles. The minimum absolute atomic E-state index is 0.224. The van der Waals surface area contributed by atoms with Crippen molar-refractivity contribution in [3.05, 3.63) is 42.5 Å². The average Bonchev–Trinajstić information content (AvgIpc) is 2.25. The van der Waals surface area contributed by atoms with Crippen molar-refractivity contribution < 1.29 is 14.3 Å². The van der Waals surface area contributed by atoms with Crippen LogP contribution in [0.5, 0.6) is 0 Å². The third-order valence-corrected chi connectivity index (χ3v) is 1.54. The van der Waals surface area contributed by atoms with Gasteiger partial charge in [-0.2, -0.15) is 5.26 Å². The van der Waals surface area contributed by atoms with Gasteiger partial charge in [-0.25, -0.2) is 4.79 Å². The first-order valence-electron chi connectivity index (χ1n) is 3.83. The highest BCUT2D eigenvalue weighted by Gasteiger charge is 2.11. The Morgan fingerprint density at radius 3 is 2.86 bits per heavy atom. The molecule has 0 fully saturated rings. The molecule has 1 aromatic rings. The molecule has 0 saturated heterocycles. The molecule has 0 amide bonds. The zero-order valence-corrected chi connectivity index (χ0v) is 7.40. The van der Waals surface area contributed by atoms with E-state index in [1.165, 1.54) is 6.07 Å². The molecular weight excluding hydrogens is 182 g/mol. The normalized spacial score (nSPS) is 9.14. The second kappa shape index (κ2) is 5.00. The fourth-order valence-electron chi connectivity index (χ4n) is 0.932. The van der Waals surface area contributed by atoms with Gasteiger partial charge in [-0.3, -0.25) is 0 Å². The molecule has 0 atom stereocenters. The van der Waals surface area contributed by atoms with Gasteiger partial charge in [0, 0.05) is 0 Å². The quantitative estimate of drug-likeness (QED) is 0.535. The molecule has 14 heavy (non-hydrogen) atoms. The standard InChI is InChI=1S/C10H8NO3/c1-13-7-14-10(12)9-5-3-2-4-8(9)6-11/h2-5H,1,7H2. The Balaban J connectivity index is 2.85. The molecule has 0 saturated carbocycles. The predicted molar refractivity (Wildman–Crippen MR) is 47.9 cm³/mol. The predicted octanol–water partition coefficient (Wildman–Crippen LogP) is 1.48. The van der Waals surface area contributed by atoms with Crippen LogP contribution in [0.2, 0.25) is 0 Å². The molecule has 0 heterocycles. The highest BCUT2D eigenvalue weighted by molar-refractivity contribution is 5.92. The Kier molecular flexibility index (Phi) is 3.65. The van der Waals surface area contributed by atoms with E-state index in [4.69, 9.17) is 5.26 Å². The van der Waals surface area contributed by atoms with E-state index in [2.05, 4.69) is 16.6 Å². The number of carbonyl (C=O) groups is 1. The minimum Gasteiger partial charge on any atom is -0.435 e. The van der Waals surface area contributed by atoms with Crippen molar-refractivity contribution >= 4 is 5.97 Å². The van der Waals surface area contributed by atoms with Gasteiger partial charge < -0.3 is 9.47 Å². The fraction of sp³-hybridized carbons (Fsp3) is 0.100. The molecule has 1 aromatic carbocycles. The summed E-state index contributed by atoms with van der Waals surface area (Å²) >= 11 is 0. The third-order valence-electron chi connectivity index (χ3n) is 1.54. The second-order valence-corrected chi connectivity index (χ2v) is 2.41. The molecule has 0 N–H and O–H groups in total. The maximum Gasteiger partial charge on any atom is 0.341 e. The Morgan fingerprint density at radius 1 is 1.50 bits per heavy atom. The van der Waals surface area contributed by atoms with Gasteiger partial charge in [0.15, 0.2) is 6.79 Å². The summed E-state index contributed by atoms with van der Waals surface area (Å²) in [5.74, 6) is -0.592.